The Kier molecular flexibility index (Phi) is 3.68. The van der Waals surface area contributed by atoms with Gasteiger partial charge in [-0.1, -0.05) is 32.3 Å². The van der Waals surface area contributed by atoms with Crippen molar-refractivity contribution < 1.29 is 0 Å². The Morgan fingerprint density at radius 1 is 1.36 bits per heavy atom. The highest BCUT2D eigenvalue weighted by Crippen LogP contribution is 2.31. The van der Waals surface area contributed by atoms with E-state index in [1.165, 1.54) is 38.5 Å². The molecule has 0 heterocycles. The minimum Gasteiger partial charge on any atom is -0.103 e. The molecule has 1 unspecified atom stereocenters. The van der Waals surface area contributed by atoms with E-state index in [-0.39, 0.29) is 0 Å². The Morgan fingerprint density at radius 2 is 2.00 bits per heavy atom. The van der Waals surface area contributed by atoms with E-state index in [0.717, 1.165) is 11.8 Å². The quantitative estimate of drug-likeness (QED) is 0.540. The molecule has 1 atom stereocenters. The molecule has 1 aliphatic rings. The first kappa shape index (κ1) is 8.83. The van der Waals surface area contributed by atoms with Crippen LogP contribution in [0.3, 0.4) is 0 Å². The van der Waals surface area contributed by atoms with Crippen molar-refractivity contribution in [2.45, 2.75) is 45.4 Å². The molecule has 11 heavy (non-hydrogen) atoms. The second-order valence-electron chi connectivity index (χ2n) is 3.71. The van der Waals surface area contributed by atoms with Crippen molar-refractivity contribution in [2.24, 2.45) is 11.8 Å². The number of hydrogen-bond donors (Lipinski definition) is 0. The Labute approximate surface area is 70.7 Å². The topological polar surface area (TPSA) is 0 Å². The number of allylic oxidation sites excluding steroid dienone is 1. The van der Waals surface area contributed by atoms with Crippen molar-refractivity contribution >= 4 is 0 Å². The highest BCUT2D eigenvalue weighted by molar-refractivity contribution is 4.85. The molecule has 0 N–H and O–H groups in total. The van der Waals surface area contributed by atoms with Crippen LogP contribution in [0, 0.1) is 11.8 Å². The second-order valence-corrected chi connectivity index (χ2v) is 3.71. The van der Waals surface area contributed by atoms with Crippen molar-refractivity contribution in [1.82, 2.24) is 0 Å². The van der Waals surface area contributed by atoms with Crippen LogP contribution in [0.4, 0.5) is 0 Å². The lowest BCUT2D eigenvalue weighted by atomic mass is 9.79. The molecular weight excluding hydrogens is 132 g/mol. The molecule has 0 bridgehead atoms. The van der Waals surface area contributed by atoms with Crippen molar-refractivity contribution in [3.63, 3.8) is 0 Å². The van der Waals surface area contributed by atoms with Crippen LogP contribution in [0.5, 0.6) is 0 Å². The van der Waals surface area contributed by atoms with E-state index in [1.54, 1.807) is 0 Å². The van der Waals surface area contributed by atoms with Crippen LogP contribution in [0.1, 0.15) is 45.4 Å². The van der Waals surface area contributed by atoms with Gasteiger partial charge >= 0.3 is 0 Å². The van der Waals surface area contributed by atoms with Crippen LogP contribution in [0.2, 0.25) is 0 Å². The zero-order valence-electron chi connectivity index (χ0n) is 7.68. The van der Waals surface area contributed by atoms with Gasteiger partial charge in [-0.3, -0.25) is 0 Å². The summed E-state index contributed by atoms with van der Waals surface area (Å²) in [4.78, 5) is 0. The maximum absolute atomic E-state index is 3.91. The van der Waals surface area contributed by atoms with Crippen LogP contribution in [0.25, 0.3) is 0 Å². The van der Waals surface area contributed by atoms with E-state index in [9.17, 15) is 0 Å². The molecule has 0 aliphatic heterocycles. The van der Waals surface area contributed by atoms with Gasteiger partial charge in [-0.25, -0.2) is 0 Å². The lowest BCUT2D eigenvalue weighted by Crippen LogP contribution is -2.15. The van der Waals surface area contributed by atoms with Crippen molar-refractivity contribution in [2.75, 3.05) is 0 Å². The first-order valence-electron chi connectivity index (χ1n) is 5.01. The predicted molar refractivity (Wildman–Crippen MR) is 50.6 cm³/mol. The van der Waals surface area contributed by atoms with Gasteiger partial charge in [-0.15, -0.1) is 6.58 Å². The van der Waals surface area contributed by atoms with Gasteiger partial charge in [0.05, 0.1) is 0 Å². The molecule has 0 aromatic rings. The Morgan fingerprint density at radius 3 is 2.45 bits per heavy atom. The molecule has 1 rings (SSSR count). The van der Waals surface area contributed by atoms with Crippen LogP contribution < -0.4 is 0 Å². The summed E-state index contributed by atoms with van der Waals surface area (Å²) in [5.74, 6) is 1.77. The summed E-state index contributed by atoms with van der Waals surface area (Å²) in [5, 5.41) is 0. The van der Waals surface area contributed by atoms with E-state index in [4.69, 9.17) is 0 Å². The Balaban J connectivity index is 2.35. The van der Waals surface area contributed by atoms with E-state index in [1.807, 2.05) is 0 Å². The average Bonchev–Trinajstić information content (AvgIpc) is 2.09. The molecule has 1 saturated carbocycles. The SMILES string of the molecule is C=CC(CC)C1CCCCC1. The maximum atomic E-state index is 3.91. The number of hydrogen-bond acceptors (Lipinski definition) is 0. The first-order chi connectivity index (χ1) is 5.38. The lowest BCUT2D eigenvalue weighted by Gasteiger charge is -2.27. The molecule has 1 aliphatic carbocycles. The van der Waals surface area contributed by atoms with Crippen LogP contribution in [-0.4, -0.2) is 0 Å². The normalized spacial score (nSPS) is 23.0. The molecule has 64 valence electrons. The molecule has 0 amide bonds. The molecule has 1 fully saturated rings. The predicted octanol–water partition coefficient (Wildman–Crippen LogP) is 3.78. The van der Waals surface area contributed by atoms with E-state index in [2.05, 4.69) is 19.6 Å². The fraction of sp³-hybridized carbons (Fsp3) is 0.818. The molecule has 0 spiro atoms. The van der Waals surface area contributed by atoms with E-state index < -0.39 is 0 Å². The summed E-state index contributed by atoms with van der Waals surface area (Å²) in [7, 11) is 0. The summed E-state index contributed by atoms with van der Waals surface area (Å²) in [6, 6.07) is 0. The Bertz CT molecular complexity index is 109. The van der Waals surface area contributed by atoms with E-state index in [0.29, 0.717) is 0 Å². The van der Waals surface area contributed by atoms with Gasteiger partial charge in [0.25, 0.3) is 0 Å². The fourth-order valence-corrected chi connectivity index (χ4v) is 2.25. The summed E-state index contributed by atoms with van der Waals surface area (Å²) >= 11 is 0. The zero-order chi connectivity index (χ0) is 8.10. The van der Waals surface area contributed by atoms with Crippen molar-refractivity contribution in [1.29, 1.82) is 0 Å². The van der Waals surface area contributed by atoms with Gasteiger partial charge < -0.3 is 0 Å². The highest BCUT2D eigenvalue weighted by atomic mass is 14.2. The van der Waals surface area contributed by atoms with Gasteiger partial charge in [-0.05, 0) is 31.1 Å². The monoisotopic (exact) mass is 152 g/mol. The number of rotatable bonds is 3. The Hall–Kier alpha value is -0.260. The highest BCUT2D eigenvalue weighted by Gasteiger charge is 2.19. The molecule has 0 aromatic heterocycles. The molecule has 0 radical (unpaired) electrons. The van der Waals surface area contributed by atoms with Gasteiger partial charge in [0.2, 0.25) is 0 Å². The second kappa shape index (κ2) is 4.58. The van der Waals surface area contributed by atoms with Gasteiger partial charge in [0, 0.05) is 0 Å². The fourth-order valence-electron chi connectivity index (χ4n) is 2.25. The average molecular weight is 152 g/mol. The van der Waals surface area contributed by atoms with E-state index >= 15 is 0 Å². The molecule has 0 aromatic carbocycles. The summed E-state index contributed by atoms with van der Waals surface area (Å²) in [6.45, 7) is 6.19. The van der Waals surface area contributed by atoms with Crippen molar-refractivity contribution in [3.8, 4) is 0 Å². The first-order valence-corrected chi connectivity index (χ1v) is 5.01. The minimum absolute atomic E-state index is 0.801. The third-order valence-electron chi connectivity index (χ3n) is 3.03. The minimum atomic E-state index is 0.801. The third-order valence-corrected chi connectivity index (χ3v) is 3.03. The summed E-state index contributed by atoms with van der Waals surface area (Å²) in [5.41, 5.74) is 0. The lowest BCUT2D eigenvalue weighted by molar-refractivity contribution is 0.281. The standard InChI is InChI=1S/C11H20/c1-3-10(4-2)11-8-6-5-7-9-11/h3,10-11H,1,4-9H2,2H3. The maximum Gasteiger partial charge on any atom is -0.0210 e. The largest absolute Gasteiger partial charge is 0.103 e. The van der Waals surface area contributed by atoms with Gasteiger partial charge in [0.1, 0.15) is 0 Å². The zero-order valence-corrected chi connectivity index (χ0v) is 7.68. The molecule has 0 heteroatoms. The summed E-state index contributed by atoms with van der Waals surface area (Å²) in [6.07, 6.45) is 10.7. The van der Waals surface area contributed by atoms with Gasteiger partial charge in [0.15, 0.2) is 0 Å². The van der Waals surface area contributed by atoms with Crippen LogP contribution in [0.15, 0.2) is 12.7 Å². The smallest absolute Gasteiger partial charge is 0.0210 e. The summed E-state index contributed by atoms with van der Waals surface area (Å²) < 4.78 is 0. The van der Waals surface area contributed by atoms with Crippen LogP contribution >= 0.6 is 0 Å². The van der Waals surface area contributed by atoms with Crippen LogP contribution in [-0.2, 0) is 0 Å². The van der Waals surface area contributed by atoms with Crippen molar-refractivity contribution in [3.05, 3.63) is 12.7 Å². The molecular formula is C11H20. The van der Waals surface area contributed by atoms with Gasteiger partial charge in [-0.2, -0.15) is 0 Å². The molecule has 0 saturated heterocycles. The third kappa shape index (κ3) is 2.36. The molecule has 0 nitrogen and oxygen atoms in total.